The van der Waals surface area contributed by atoms with Crippen LogP contribution in [0.15, 0.2) is 18.2 Å². The lowest BCUT2D eigenvalue weighted by atomic mass is 10.2. The molecule has 6 heteroatoms. The van der Waals surface area contributed by atoms with Gasteiger partial charge in [-0.05, 0) is 32.4 Å². The van der Waals surface area contributed by atoms with Crippen LogP contribution in [0, 0.1) is 0 Å². The number of hydrogen-bond acceptors (Lipinski definition) is 6. The lowest BCUT2D eigenvalue weighted by Crippen LogP contribution is -2.11. The highest BCUT2D eigenvalue weighted by atomic mass is 16.5. The molecule has 0 N–H and O–H groups in total. The number of ether oxygens (including phenoxy) is 4. The smallest absolute Gasteiger partial charge is 0.342 e. The van der Waals surface area contributed by atoms with E-state index >= 15 is 0 Å². The first-order valence-corrected chi connectivity index (χ1v) is 7.26. The number of rotatable bonds is 9. The van der Waals surface area contributed by atoms with Crippen molar-refractivity contribution in [3.63, 3.8) is 0 Å². The molecule has 0 saturated carbocycles. The molecule has 0 heterocycles. The standard InChI is InChI=1S/C16H22O6/c1-4-20-14(17)10-7-11-22-15-12(16(18)21-5-2)8-6-9-13(15)19-3/h6,8-9H,4-5,7,10-11H2,1-3H3. The molecule has 0 aliphatic heterocycles. The van der Waals surface area contributed by atoms with Crippen LogP contribution in [0.2, 0.25) is 0 Å². The van der Waals surface area contributed by atoms with Gasteiger partial charge in [0.05, 0.1) is 26.9 Å². The Kier molecular flexibility index (Phi) is 7.81. The molecule has 1 aromatic carbocycles. The van der Waals surface area contributed by atoms with E-state index in [0.29, 0.717) is 30.1 Å². The second kappa shape index (κ2) is 9.65. The minimum Gasteiger partial charge on any atom is -0.493 e. The number of carbonyl (C=O) groups is 2. The highest BCUT2D eigenvalue weighted by molar-refractivity contribution is 5.93. The summed E-state index contributed by atoms with van der Waals surface area (Å²) in [5, 5.41) is 0. The Morgan fingerprint density at radius 1 is 1.09 bits per heavy atom. The zero-order chi connectivity index (χ0) is 16.4. The molecule has 0 amide bonds. The van der Waals surface area contributed by atoms with Gasteiger partial charge in [0.1, 0.15) is 5.56 Å². The van der Waals surface area contributed by atoms with E-state index in [9.17, 15) is 9.59 Å². The molecule has 0 aromatic heterocycles. The van der Waals surface area contributed by atoms with Crippen LogP contribution in [0.25, 0.3) is 0 Å². The monoisotopic (exact) mass is 310 g/mol. The highest BCUT2D eigenvalue weighted by Crippen LogP contribution is 2.31. The van der Waals surface area contributed by atoms with Gasteiger partial charge in [-0.1, -0.05) is 6.07 Å². The van der Waals surface area contributed by atoms with Crippen molar-refractivity contribution in [2.24, 2.45) is 0 Å². The van der Waals surface area contributed by atoms with Crippen LogP contribution in [0.3, 0.4) is 0 Å². The van der Waals surface area contributed by atoms with E-state index < -0.39 is 5.97 Å². The molecule has 0 atom stereocenters. The Hall–Kier alpha value is -2.24. The summed E-state index contributed by atoms with van der Waals surface area (Å²) in [5.74, 6) is 0.0348. The third-order valence-electron chi connectivity index (χ3n) is 2.77. The van der Waals surface area contributed by atoms with E-state index in [0.717, 1.165) is 0 Å². The lowest BCUT2D eigenvalue weighted by Gasteiger charge is -2.14. The molecule has 0 radical (unpaired) electrons. The van der Waals surface area contributed by atoms with Crippen LogP contribution < -0.4 is 9.47 Å². The second-order valence-electron chi connectivity index (χ2n) is 4.31. The molecule has 0 aliphatic carbocycles. The molecule has 122 valence electrons. The Morgan fingerprint density at radius 3 is 2.45 bits per heavy atom. The fraction of sp³-hybridized carbons (Fsp3) is 0.500. The van der Waals surface area contributed by atoms with E-state index in [2.05, 4.69) is 0 Å². The summed E-state index contributed by atoms with van der Waals surface area (Å²) in [7, 11) is 1.50. The first-order valence-electron chi connectivity index (χ1n) is 7.26. The average molecular weight is 310 g/mol. The van der Waals surface area contributed by atoms with Gasteiger partial charge in [-0.3, -0.25) is 4.79 Å². The van der Waals surface area contributed by atoms with Crippen LogP contribution >= 0.6 is 0 Å². The Labute approximate surface area is 130 Å². The zero-order valence-corrected chi connectivity index (χ0v) is 13.2. The van der Waals surface area contributed by atoms with Gasteiger partial charge in [0, 0.05) is 6.42 Å². The third-order valence-corrected chi connectivity index (χ3v) is 2.77. The first-order chi connectivity index (χ1) is 10.6. The number of carbonyl (C=O) groups excluding carboxylic acids is 2. The fourth-order valence-corrected chi connectivity index (χ4v) is 1.82. The number of benzene rings is 1. The molecule has 0 bridgehead atoms. The second-order valence-corrected chi connectivity index (χ2v) is 4.31. The predicted octanol–water partition coefficient (Wildman–Crippen LogP) is 2.59. The van der Waals surface area contributed by atoms with Gasteiger partial charge in [-0.2, -0.15) is 0 Å². The van der Waals surface area contributed by atoms with Crippen molar-refractivity contribution >= 4 is 11.9 Å². The largest absolute Gasteiger partial charge is 0.493 e. The molecule has 6 nitrogen and oxygen atoms in total. The number of para-hydroxylation sites is 1. The molecule has 0 spiro atoms. The maximum atomic E-state index is 11.9. The van der Waals surface area contributed by atoms with Crippen molar-refractivity contribution in [2.75, 3.05) is 26.9 Å². The molecular formula is C16H22O6. The van der Waals surface area contributed by atoms with Gasteiger partial charge < -0.3 is 18.9 Å². The zero-order valence-electron chi connectivity index (χ0n) is 13.2. The van der Waals surface area contributed by atoms with Gasteiger partial charge in [0.25, 0.3) is 0 Å². The van der Waals surface area contributed by atoms with Crippen molar-refractivity contribution < 1.29 is 28.5 Å². The van der Waals surface area contributed by atoms with Crippen molar-refractivity contribution in [1.29, 1.82) is 0 Å². The summed E-state index contributed by atoms with van der Waals surface area (Å²) in [6, 6.07) is 5.00. The Morgan fingerprint density at radius 2 is 1.82 bits per heavy atom. The molecule has 1 aromatic rings. The first kappa shape index (κ1) is 17.8. The molecule has 0 unspecified atom stereocenters. The van der Waals surface area contributed by atoms with E-state index in [4.69, 9.17) is 18.9 Å². The predicted molar refractivity (Wildman–Crippen MR) is 80.3 cm³/mol. The molecule has 0 saturated heterocycles. The maximum Gasteiger partial charge on any atom is 0.342 e. The average Bonchev–Trinajstić information content (AvgIpc) is 2.51. The van der Waals surface area contributed by atoms with Gasteiger partial charge in [0.15, 0.2) is 11.5 Å². The van der Waals surface area contributed by atoms with E-state index in [1.165, 1.54) is 7.11 Å². The van der Waals surface area contributed by atoms with Crippen molar-refractivity contribution in [1.82, 2.24) is 0 Å². The normalized spacial score (nSPS) is 9.95. The van der Waals surface area contributed by atoms with E-state index in [1.807, 2.05) is 0 Å². The molecule has 1 rings (SSSR count). The maximum absolute atomic E-state index is 11.9. The quantitative estimate of drug-likeness (QED) is 0.516. The summed E-state index contributed by atoms with van der Waals surface area (Å²) in [4.78, 5) is 23.2. The SMILES string of the molecule is CCOC(=O)CCCOc1c(OC)cccc1C(=O)OCC. The van der Waals surface area contributed by atoms with E-state index in [1.54, 1.807) is 32.0 Å². The summed E-state index contributed by atoms with van der Waals surface area (Å²) in [5.41, 5.74) is 0.303. The molecular weight excluding hydrogens is 288 g/mol. The fourth-order valence-electron chi connectivity index (χ4n) is 1.82. The summed E-state index contributed by atoms with van der Waals surface area (Å²) in [6.45, 7) is 4.40. The summed E-state index contributed by atoms with van der Waals surface area (Å²) >= 11 is 0. The summed E-state index contributed by atoms with van der Waals surface area (Å²) in [6.07, 6.45) is 0.747. The van der Waals surface area contributed by atoms with E-state index in [-0.39, 0.29) is 25.6 Å². The van der Waals surface area contributed by atoms with Crippen LogP contribution in [-0.4, -0.2) is 38.9 Å². The van der Waals surface area contributed by atoms with Gasteiger partial charge >= 0.3 is 11.9 Å². The van der Waals surface area contributed by atoms with Crippen molar-refractivity contribution in [3.8, 4) is 11.5 Å². The number of methoxy groups -OCH3 is 1. The van der Waals surface area contributed by atoms with Gasteiger partial charge in [-0.15, -0.1) is 0 Å². The Bertz CT molecular complexity index is 497. The van der Waals surface area contributed by atoms with Gasteiger partial charge in [0.2, 0.25) is 0 Å². The Balaban J connectivity index is 2.71. The molecule has 0 aliphatic rings. The van der Waals surface area contributed by atoms with Gasteiger partial charge in [-0.25, -0.2) is 4.79 Å². The van der Waals surface area contributed by atoms with Crippen LogP contribution in [-0.2, 0) is 14.3 Å². The minimum absolute atomic E-state index is 0.262. The minimum atomic E-state index is -0.471. The number of esters is 2. The van der Waals surface area contributed by atoms with Crippen LogP contribution in [0.1, 0.15) is 37.0 Å². The molecule has 22 heavy (non-hydrogen) atoms. The lowest BCUT2D eigenvalue weighted by molar-refractivity contribution is -0.143. The van der Waals surface area contributed by atoms with Crippen LogP contribution in [0.4, 0.5) is 0 Å². The van der Waals surface area contributed by atoms with Crippen molar-refractivity contribution in [3.05, 3.63) is 23.8 Å². The number of hydrogen-bond donors (Lipinski definition) is 0. The highest BCUT2D eigenvalue weighted by Gasteiger charge is 2.18. The summed E-state index contributed by atoms with van der Waals surface area (Å²) < 4.78 is 20.7. The van der Waals surface area contributed by atoms with Crippen molar-refractivity contribution in [2.45, 2.75) is 26.7 Å². The van der Waals surface area contributed by atoms with Crippen LogP contribution in [0.5, 0.6) is 11.5 Å². The third kappa shape index (κ3) is 5.27. The molecule has 0 fully saturated rings. The topological polar surface area (TPSA) is 71.1 Å².